The van der Waals surface area contributed by atoms with Gasteiger partial charge in [0.15, 0.2) is 15.7 Å². The molecule has 3 heterocycles. The molecule has 2 aliphatic rings. The number of nitrogens with one attached hydrogen (secondary N) is 2. The van der Waals surface area contributed by atoms with Crippen molar-refractivity contribution in [3.63, 3.8) is 0 Å². The number of piperazine rings is 1. The topological polar surface area (TPSA) is 112 Å². The van der Waals surface area contributed by atoms with E-state index in [-0.39, 0.29) is 16.3 Å². The van der Waals surface area contributed by atoms with Crippen LogP contribution in [0.15, 0.2) is 46.3 Å². The molecule has 11 heteroatoms. The molecule has 1 saturated heterocycles. The summed E-state index contributed by atoms with van der Waals surface area (Å²) in [7, 11) is -7.25. The van der Waals surface area contributed by atoms with Crippen LogP contribution < -0.4 is 14.9 Å². The van der Waals surface area contributed by atoms with E-state index in [1.807, 2.05) is 6.20 Å². The minimum absolute atomic E-state index is 0.0114. The molecule has 4 rings (SSSR count). The van der Waals surface area contributed by atoms with Gasteiger partial charge in [0, 0.05) is 58.3 Å². The number of hydrogen-bond acceptors (Lipinski definition) is 8. The predicted molar refractivity (Wildman–Crippen MR) is 124 cm³/mol. The highest BCUT2D eigenvalue weighted by molar-refractivity contribution is 7.91. The molecular weight excluding hydrogens is 450 g/mol. The summed E-state index contributed by atoms with van der Waals surface area (Å²) in [5.74, 6) is 1.01. The maximum Gasteiger partial charge on any atom is 0.240 e. The lowest BCUT2D eigenvalue weighted by molar-refractivity contribution is 0.261. The smallest absolute Gasteiger partial charge is 0.240 e. The van der Waals surface area contributed by atoms with E-state index >= 15 is 0 Å². The van der Waals surface area contributed by atoms with Gasteiger partial charge in [-0.2, -0.15) is 0 Å². The van der Waals surface area contributed by atoms with Crippen LogP contribution in [0.4, 0.5) is 11.5 Å². The van der Waals surface area contributed by atoms with E-state index in [1.165, 1.54) is 29.8 Å². The molecule has 174 valence electrons. The fraction of sp³-hybridized carbons (Fsp3) is 0.476. The van der Waals surface area contributed by atoms with Crippen LogP contribution in [0.2, 0.25) is 0 Å². The third-order valence-electron chi connectivity index (χ3n) is 5.88. The third-order valence-corrected chi connectivity index (χ3v) is 8.45. The van der Waals surface area contributed by atoms with E-state index in [2.05, 4.69) is 30.9 Å². The lowest BCUT2D eigenvalue weighted by Crippen LogP contribution is -2.49. The Morgan fingerprint density at radius 2 is 1.81 bits per heavy atom. The van der Waals surface area contributed by atoms with Crippen LogP contribution in [-0.2, 0) is 26.3 Å². The molecule has 2 aromatic rings. The lowest BCUT2D eigenvalue weighted by Gasteiger charge is -2.37. The highest BCUT2D eigenvalue weighted by Gasteiger charge is 2.23. The van der Waals surface area contributed by atoms with Crippen LogP contribution in [0.25, 0.3) is 0 Å². The fourth-order valence-electron chi connectivity index (χ4n) is 4.10. The predicted octanol–water partition coefficient (Wildman–Crippen LogP) is 0.944. The SMILES string of the molecule is CS(=O)(=O)c1cccc(S(=O)(=O)NCCN2CCN(c3nccc4c3NCCC4)CC2)c1. The van der Waals surface area contributed by atoms with E-state index in [1.54, 1.807) is 0 Å². The average molecular weight is 480 g/mol. The minimum Gasteiger partial charge on any atom is -0.382 e. The van der Waals surface area contributed by atoms with Crippen molar-refractivity contribution in [2.75, 3.05) is 62.3 Å². The van der Waals surface area contributed by atoms with Gasteiger partial charge >= 0.3 is 0 Å². The molecule has 0 aliphatic carbocycles. The number of sulfone groups is 1. The zero-order valence-electron chi connectivity index (χ0n) is 18.1. The Balaban J connectivity index is 1.30. The van der Waals surface area contributed by atoms with E-state index in [0.29, 0.717) is 6.54 Å². The molecule has 0 unspecified atom stereocenters. The molecule has 1 fully saturated rings. The summed E-state index contributed by atoms with van der Waals surface area (Å²) in [6.07, 6.45) is 5.15. The van der Waals surface area contributed by atoms with E-state index < -0.39 is 19.9 Å². The Bertz CT molecular complexity index is 1180. The van der Waals surface area contributed by atoms with E-state index in [0.717, 1.165) is 63.3 Å². The molecule has 0 saturated carbocycles. The maximum atomic E-state index is 12.6. The first-order valence-corrected chi connectivity index (χ1v) is 14.1. The Labute approximate surface area is 189 Å². The van der Waals surface area contributed by atoms with E-state index in [9.17, 15) is 16.8 Å². The van der Waals surface area contributed by atoms with Gasteiger partial charge in [-0.3, -0.25) is 4.90 Å². The average Bonchev–Trinajstić information content (AvgIpc) is 2.79. The molecule has 0 amide bonds. The number of sulfonamides is 1. The third kappa shape index (κ3) is 5.22. The van der Waals surface area contributed by atoms with Gasteiger partial charge in [-0.05, 0) is 42.7 Å². The number of anilines is 2. The van der Waals surface area contributed by atoms with Crippen LogP contribution in [0, 0.1) is 0 Å². The second-order valence-corrected chi connectivity index (χ2v) is 12.0. The van der Waals surface area contributed by atoms with Crippen molar-refractivity contribution in [2.45, 2.75) is 22.6 Å². The summed E-state index contributed by atoms with van der Waals surface area (Å²) in [6.45, 7) is 5.10. The highest BCUT2D eigenvalue weighted by Crippen LogP contribution is 2.31. The van der Waals surface area contributed by atoms with Crippen molar-refractivity contribution in [3.8, 4) is 0 Å². The number of hydrogen-bond donors (Lipinski definition) is 2. The summed E-state index contributed by atoms with van der Waals surface area (Å²) in [6, 6.07) is 7.51. The molecule has 1 aromatic heterocycles. The monoisotopic (exact) mass is 479 g/mol. The Kier molecular flexibility index (Phi) is 6.70. The molecule has 2 aliphatic heterocycles. The second kappa shape index (κ2) is 9.34. The van der Waals surface area contributed by atoms with Crippen molar-refractivity contribution in [1.29, 1.82) is 0 Å². The first-order chi connectivity index (χ1) is 15.2. The number of fused-ring (bicyclic) bond motifs is 1. The number of pyridine rings is 1. The summed E-state index contributed by atoms with van der Waals surface area (Å²) >= 11 is 0. The first-order valence-electron chi connectivity index (χ1n) is 10.7. The standard InChI is InChI=1S/C21H29N5O4S2/c1-31(27,28)18-5-2-6-19(16-18)32(29,30)24-10-11-25-12-14-26(15-13-25)21-20-17(7-9-23-21)4-3-8-22-20/h2,5-7,9,16,22,24H,3-4,8,10-15H2,1H3. The molecule has 0 spiro atoms. The largest absolute Gasteiger partial charge is 0.382 e. The Morgan fingerprint density at radius 3 is 2.56 bits per heavy atom. The van der Waals surface area contributed by atoms with Gasteiger partial charge in [0.05, 0.1) is 15.5 Å². The molecule has 2 N–H and O–H groups in total. The van der Waals surface area contributed by atoms with Crippen molar-refractivity contribution in [3.05, 3.63) is 42.1 Å². The van der Waals surface area contributed by atoms with Crippen molar-refractivity contribution < 1.29 is 16.8 Å². The Hall–Kier alpha value is -2.21. The maximum absolute atomic E-state index is 12.6. The van der Waals surface area contributed by atoms with Gasteiger partial charge in [-0.1, -0.05) is 6.07 Å². The zero-order valence-corrected chi connectivity index (χ0v) is 19.8. The van der Waals surface area contributed by atoms with Crippen LogP contribution in [0.3, 0.4) is 0 Å². The zero-order chi connectivity index (χ0) is 22.8. The van der Waals surface area contributed by atoms with Crippen molar-refractivity contribution in [2.24, 2.45) is 0 Å². The van der Waals surface area contributed by atoms with Gasteiger partial charge in [-0.15, -0.1) is 0 Å². The second-order valence-electron chi connectivity index (χ2n) is 8.17. The summed E-state index contributed by atoms with van der Waals surface area (Å²) in [5.41, 5.74) is 2.47. The summed E-state index contributed by atoms with van der Waals surface area (Å²) < 4.78 is 51.2. The van der Waals surface area contributed by atoms with Crippen LogP contribution in [0.5, 0.6) is 0 Å². The molecular formula is C21H29N5O4S2. The van der Waals surface area contributed by atoms with Gasteiger partial charge in [0.2, 0.25) is 10.0 Å². The lowest BCUT2D eigenvalue weighted by atomic mass is 10.0. The normalized spacial score (nSPS) is 17.6. The molecule has 0 radical (unpaired) electrons. The minimum atomic E-state index is -3.78. The van der Waals surface area contributed by atoms with Crippen molar-refractivity contribution >= 4 is 31.4 Å². The Morgan fingerprint density at radius 1 is 1.06 bits per heavy atom. The number of aryl methyl sites for hydroxylation is 1. The van der Waals surface area contributed by atoms with Crippen molar-refractivity contribution in [1.82, 2.24) is 14.6 Å². The summed E-state index contributed by atoms with van der Waals surface area (Å²) in [4.78, 5) is 9.05. The van der Waals surface area contributed by atoms with Crippen LogP contribution in [-0.4, -0.2) is 78.8 Å². The number of nitrogens with zero attached hydrogens (tertiary/aromatic N) is 3. The molecule has 1 aromatic carbocycles. The van der Waals surface area contributed by atoms with Gasteiger partial charge < -0.3 is 10.2 Å². The number of benzene rings is 1. The van der Waals surface area contributed by atoms with Gasteiger partial charge in [0.1, 0.15) is 0 Å². The van der Waals surface area contributed by atoms with E-state index in [4.69, 9.17) is 0 Å². The fourth-order valence-corrected chi connectivity index (χ4v) is 5.91. The van der Waals surface area contributed by atoms with Crippen LogP contribution in [0.1, 0.15) is 12.0 Å². The number of aromatic nitrogens is 1. The highest BCUT2D eigenvalue weighted by atomic mass is 32.2. The number of rotatable bonds is 7. The van der Waals surface area contributed by atoms with Crippen LogP contribution >= 0.6 is 0 Å². The molecule has 0 atom stereocenters. The summed E-state index contributed by atoms with van der Waals surface area (Å²) in [5, 5.41) is 3.49. The quantitative estimate of drug-likeness (QED) is 0.604. The first kappa shape index (κ1) is 23.0. The molecule has 32 heavy (non-hydrogen) atoms. The van der Waals surface area contributed by atoms with Gasteiger partial charge in [-0.25, -0.2) is 26.5 Å². The molecule has 9 nitrogen and oxygen atoms in total. The van der Waals surface area contributed by atoms with Gasteiger partial charge in [0.25, 0.3) is 0 Å². The molecule has 0 bridgehead atoms.